The molecule has 1 aliphatic carbocycles. The van der Waals surface area contributed by atoms with Gasteiger partial charge in [-0.25, -0.2) is 14.8 Å². The number of benzene rings is 1. The lowest BCUT2D eigenvalue weighted by Gasteiger charge is -2.18. The first-order chi connectivity index (χ1) is 15.7. The molecule has 3 fully saturated rings. The maximum absolute atomic E-state index is 12.3. The van der Waals surface area contributed by atoms with E-state index in [0.29, 0.717) is 29.9 Å². The quantitative estimate of drug-likeness (QED) is 0.705. The number of fused-ring (bicyclic) bond motifs is 1. The van der Waals surface area contributed by atoms with Crippen molar-refractivity contribution in [3.05, 3.63) is 42.2 Å². The van der Waals surface area contributed by atoms with Gasteiger partial charge in [0.15, 0.2) is 6.10 Å². The summed E-state index contributed by atoms with van der Waals surface area (Å²) < 4.78 is 22.5. The highest BCUT2D eigenvalue weighted by atomic mass is 16.6. The molecule has 0 spiro atoms. The summed E-state index contributed by atoms with van der Waals surface area (Å²) in [5.41, 5.74) is 1.72. The Labute approximate surface area is 186 Å². The summed E-state index contributed by atoms with van der Waals surface area (Å²) in [5, 5.41) is 6.08. The van der Waals surface area contributed by atoms with Crippen molar-refractivity contribution in [2.24, 2.45) is 0 Å². The van der Waals surface area contributed by atoms with Crippen LogP contribution in [0.2, 0.25) is 0 Å². The molecular weight excluding hydrogens is 412 g/mol. The molecule has 2 aliphatic heterocycles. The molecule has 3 aliphatic rings. The van der Waals surface area contributed by atoms with Gasteiger partial charge in [0.05, 0.1) is 26.4 Å². The molecule has 4 atom stereocenters. The predicted octanol–water partition coefficient (Wildman–Crippen LogP) is 3.34. The number of nitrogens with one attached hydrogen (secondary N) is 2. The number of ether oxygens (including phenoxy) is 4. The van der Waals surface area contributed by atoms with E-state index in [9.17, 15) is 4.79 Å². The molecule has 5 rings (SSSR count). The van der Waals surface area contributed by atoms with Gasteiger partial charge in [0.25, 0.3) is 0 Å². The van der Waals surface area contributed by atoms with E-state index in [4.69, 9.17) is 23.9 Å². The van der Waals surface area contributed by atoms with E-state index < -0.39 is 12.2 Å². The molecule has 9 nitrogen and oxygen atoms in total. The van der Waals surface area contributed by atoms with Crippen molar-refractivity contribution in [2.75, 3.05) is 31.0 Å². The van der Waals surface area contributed by atoms with Crippen LogP contribution in [0.5, 0.6) is 5.75 Å². The average molecular weight is 441 g/mol. The van der Waals surface area contributed by atoms with Gasteiger partial charge >= 0.3 is 6.09 Å². The van der Waals surface area contributed by atoms with Crippen molar-refractivity contribution in [1.82, 2.24) is 9.97 Å². The molecule has 1 aromatic heterocycles. The van der Waals surface area contributed by atoms with Gasteiger partial charge < -0.3 is 24.3 Å². The third-order valence-corrected chi connectivity index (χ3v) is 6.37. The van der Waals surface area contributed by atoms with Gasteiger partial charge in [-0.15, -0.1) is 0 Å². The molecule has 2 aromatic rings. The van der Waals surface area contributed by atoms with E-state index in [1.807, 2.05) is 6.07 Å². The van der Waals surface area contributed by atoms with Gasteiger partial charge in [-0.05, 0) is 43.2 Å². The third-order valence-electron chi connectivity index (χ3n) is 6.37. The summed E-state index contributed by atoms with van der Waals surface area (Å²) in [6, 6.07) is 8.94. The fraction of sp³-hybridized carbons (Fsp3) is 0.522. The Bertz CT molecular complexity index is 934. The summed E-state index contributed by atoms with van der Waals surface area (Å²) >= 11 is 0. The summed E-state index contributed by atoms with van der Waals surface area (Å²) in [7, 11) is 1.59. The molecule has 3 heterocycles. The predicted molar refractivity (Wildman–Crippen MR) is 117 cm³/mol. The highest BCUT2D eigenvalue weighted by Crippen LogP contribution is 2.34. The second kappa shape index (κ2) is 9.30. The molecule has 2 saturated heterocycles. The number of hydrogen-bond acceptors (Lipinski definition) is 8. The Hall–Kier alpha value is -2.91. The van der Waals surface area contributed by atoms with Crippen LogP contribution >= 0.6 is 0 Å². The Balaban J connectivity index is 1.16. The number of anilines is 2. The third kappa shape index (κ3) is 4.49. The molecule has 2 N–H and O–H groups in total. The number of amides is 1. The maximum atomic E-state index is 12.3. The lowest BCUT2D eigenvalue weighted by atomic mass is 10.0. The number of nitrogens with zero attached hydrogens (tertiary/aromatic N) is 2. The van der Waals surface area contributed by atoms with E-state index in [1.54, 1.807) is 37.6 Å². The van der Waals surface area contributed by atoms with Gasteiger partial charge in [0.1, 0.15) is 18.0 Å². The minimum atomic E-state index is -0.544. The lowest BCUT2D eigenvalue weighted by Crippen LogP contribution is -2.38. The minimum absolute atomic E-state index is 0.0999. The number of carbonyl (C=O) groups is 1. The molecule has 0 radical (unpaired) electrons. The van der Waals surface area contributed by atoms with Crippen LogP contribution in [0.4, 0.5) is 16.4 Å². The highest BCUT2D eigenvalue weighted by Gasteiger charge is 2.49. The van der Waals surface area contributed by atoms with E-state index in [-0.39, 0.29) is 24.9 Å². The zero-order chi connectivity index (χ0) is 21.9. The number of aromatic nitrogens is 2. The van der Waals surface area contributed by atoms with Crippen LogP contribution in [0.25, 0.3) is 0 Å². The van der Waals surface area contributed by atoms with Crippen molar-refractivity contribution in [3.8, 4) is 5.75 Å². The molecule has 170 valence electrons. The van der Waals surface area contributed by atoms with Gasteiger partial charge in [0.2, 0.25) is 5.95 Å². The molecule has 1 saturated carbocycles. The fourth-order valence-electron chi connectivity index (χ4n) is 4.71. The summed E-state index contributed by atoms with van der Waals surface area (Å²) in [6.45, 7) is 0.721. The van der Waals surface area contributed by atoms with Crippen molar-refractivity contribution in [3.63, 3.8) is 0 Å². The molecule has 1 aromatic carbocycles. The smallest absolute Gasteiger partial charge is 0.412 e. The fourth-order valence-corrected chi connectivity index (χ4v) is 4.71. The van der Waals surface area contributed by atoms with Crippen LogP contribution in [0, 0.1) is 0 Å². The summed E-state index contributed by atoms with van der Waals surface area (Å²) in [6.07, 6.45) is 5.13. The number of hydrogen-bond donors (Lipinski definition) is 2. The van der Waals surface area contributed by atoms with E-state index in [0.717, 1.165) is 5.69 Å². The first-order valence-electron chi connectivity index (χ1n) is 11.1. The zero-order valence-corrected chi connectivity index (χ0v) is 18.0. The van der Waals surface area contributed by atoms with Crippen molar-refractivity contribution in [1.29, 1.82) is 0 Å². The molecule has 4 unspecified atom stereocenters. The van der Waals surface area contributed by atoms with E-state index in [1.165, 1.54) is 25.7 Å². The van der Waals surface area contributed by atoms with Gasteiger partial charge in [0, 0.05) is 23.5 Å². The molecular formula is C23H28N4O5. The van der Waals surface area contributed by atoms with Gasteiger partial charge in [-0.1, -0.05) is 12.8 Å². The van der Waals surface area contributed by atoms with Gasteiger partial charge in [-0.2, -0.15) is 0 Å². The van der Waals surface area contributed by atoms with Gasteiger partial charge in [-0.3, -0.25) is 5.32 Å². The second-order valence-electron chi connectivity index (χ2n) is 8.43. The Morgan fingerprint density at radius 1 is 1.06 bits per heavy atom. The summed E-state index contributed by atoms with van der Waals surface area (Å²) in [5.74, 6) is 1.83. The molecule has 0 bridgehead atoms. The SMILES string of the molecule is COc1ccc(NC(=O)OC2COC3C(Nc4nccc(C5CCCC5)n4)COC23)cc1. The van der Waals surface area contributed by atoms with Crippen molar-refractivity contribution in [2.45, 2.75) is 56.0 Å². The second-order valence-corrected chi connectivity index (χ2v) is 8.43. The van der Waals surface area contributed by atoms with Crippen LogP contribution in [-0.2, 0) is 14.2 Å². The van der Waals surface area contributed by atoms with E-state index >= 15 is 0 Å². The Morgan fingerprint density at radius 3 is 2.62 bits per heavy atom. The topological polar surface area (TPSA) is 104 Å². The Morgan fingerprint density at radius 2 is 1.84 bits per heavy atom. The number of rotatable bonds is 6. The number of carbonyl (C=O) groups excluding carboxylic acids is 1. The van der Waals surface area contributed by atoms with Crippen LogP contribution in [-0.4, -0.2) is 60.7 Å². The van der Waals surface area contributed by atoms with Crippen LogP contribution in [0.3, 0.4) is 0 Å². The minimum Gasteiger partial charge on any atom is -0.497 e. The first kappa shape index (κ1) is 21.0. The zero-order valence-electron chi connectivity index (χ0n) is 18.0. The average Bonchev–Trinajstić information content (AvgIpc) is 3.55. The Kier molecular flexibility index (Phi) is 6.09. The van der Waals surface area contributed by atoms with Crippen molar-refractivity contribution < 1.29 is 23.7 Å². The van der Waals surface area contributed by atoms with E-state index in [2.05, 4.69) is 15.6 Å². The summed E-state index contributed by atoms with van der Waals surface area (Å²) in [4.78, 5) is 21.4. The van der Waals surface area contributed by atoms with Crippen LogP contribution in [0.1, 0.15) is 37.3 Å². The highest BCUT2D eigenvalue weighted by molar-refractivity contribution is 5.84. The first-order valence-corrected chi connectivity index (χ1v) is 11.1. The molecule has 32 heavy (non-hydrogen) atoms. The largest absolute Gasteiger partial charge is 0.497 e. The number of methoxy groups -OCH3 is 1. The van der Waals surface area contributed by atoms with Crippen molar-refractivity contribution >= 4 is 17.7 Å². The molecule has 1 amide bonds. The monoisotopic (exact) mass is 440 g/mol. The molecule has 9 heteroatoms. The lowest BCUT2D eigenvalue weighted by molar-refractivity contribution is 0.00917. The maximum Gasteiger partial charge on any atom is 0.412 e. The standard InChI is InChI=1S/C23H28N4O5/c1-29-16-8-6-15(7-9-16)25-23(28)32-19-13-31-20-18(12-30-21(19)20)27-22-24-11-10-17(26-22)14-4-2-3-5-14/h6-11,14,18-21H,2-5,12-13H2,1H3,(H,25,28)(H,24,26,27). The van der Waals surface area contributed by atoms with Crippen LogP contribution < -0.4 is 15.4 Å². The van der Waals surface area contributed by atoms with Crippen LogP contribution in [0.15, 0.2) is 36.5 Å². The normalized spacial score (nSPS) is 27.2.